The quantitative estimate of drug-likeness (QED) is 0.741. The van der Waals surface area contributed by atoms with Gasteiger partial charge in [0.2, 0.25) is 0 Å². The summed E-state index contributed by atoms with van der Waals surface area (Å²) in [5, 5.41) is 0. The number of aromatic nitrogens is 3. The maximum absolute atomic E-state index is 4.11. The van der Waals surface area contributed by atoms with E-state index in [-0.39, 0.29) is 0 Å². The van der Waals surface area contributed by atoms with Crippen molar-refractivity contribution in [1.29, 1.82) is 0 Å². The van der Waals surface area contributed by atoms with Crippen molar-refractivity contribution >= 4 is 0 Å². The van der Waals surface area contributed by atoms with Crippen LogP contribution in [0.1, 0.15) is 50.8 Å². The first-order chi connectivity index (χ1) is 10.2. The van der Waals surface area contributed by atoms with Gasteiger partial charge in [0.15, 0.2) is 0 Å². The minimum absolute atomic E-state index is 0.792. The van der Waals surface area contributed by atoms with Crippen LogP contribution in [0, 0.1) is 11.8 Å². The first-order valence-corrected chi connectivity index (χ1v) is 8.10. The molecule has 2 aromatic rings. The second-order valence-electron chi connectivity index (χ2n) is 6.35. The summed E-state index contributed by atoms with van der Waals surface area (Å²) in [6.07, 6.45) is 14.9. The predicted molar refractivity (Wildman–Crippen MR) is 87.0 cm³/mol. The van der Waals surface area contributed by atoms with E-state index >= 15 is 0 Å². The molecule has 114 valence electrons. The molecule has 0 saturated heterocycles. The molecular formula is C18H27N3. The zero-order valence-corrected chi connectivity index (χ0v) is 13.3. The van der Waals surface area contributed by atoms with E-state index in [9.17, 15) is 0 Å². The highest BCUT2D eigenvalue weighted by molar-refractivity contribution is 5.09. The van der Waals surface area contributed by atoms with Crippen LogP contribution in [0.2, 0.25) is 0 Å². The van der Waals surface area contributed by atoms with E-state index in [2.05, 4.69) is 40.9 Å². The number of aryl methyl sites for hydroxylation is 2. The molecule has 2 rings (SSSR count). The molecule has 3 heteroatoms. The highest BCUT2D eigenvalue weighted by atomic mass is 14.9. The minimum Gasteiger partial charge on any atom is -0.348 e. The molecule has 0 amide bonds. The fraction of sp³-hybridized carbons (Fsp3) is 0.556. The van der Waals surface area contributed by atoms with Crippen LogP contribution in [0.5, 0.6) is 0 Å². The summed E-state index contributed by atoms with van der Waals surface area (Å²) in [6.45, 7) is 4.63. The summed E-state index contributed by atoms with van der Waals surface area (Å²) in [5.41, 5.74) is 2.66. The number of aromatic amines is 1. The van der Waals surface area contributed by atoms with Crippen molar-refractivity contribution in [3.8, 4) is 0 Å². The van der Waals surface area contributed by atoms with Gasteiger partial charge in [-0.05, 0) is 55.2 Å². The highest BCUT2D eigenvalue weighted by Crippen LogP contribution is 2.22. The molecule has 0 aliphatic carbocycles. The fourth-order valence-corrected chi connectivity index (χ4v) is 2.70. The first-order valence-electron chi connectivity index (χ1n) is 8.10. The van der Waals surface area contributed by atoms with Crippen LogP contribution < -0.4 is 0 Å². The Balaban J connectivity index is 1.82. The summed E-state index contributed by atoms with van der Waals surface area (Å²) < 4.78 is 0. The number of rotatable bonds is 9. The molecule has 2 heterocycles. The zero-order valence-electron chi connectivity index (χ0n) is 13.3. The van der Waals surface area contributed by atoms with E-state index in [1.165, 1.54) is 36.9 Å². The maximum Gasteiger partial charge on any atom is 0.0921 e. The van der Waals surface area contributed by atoms with Crippen molar-refractivity contribution in [1.82, 2.24) is 15.0 Å². The number of imidazole rings is 1. The van der Waals surface area contributed by atoms with E-state index in [1.54, 1.807) is 6.33 Å². The number of pyridine rings is 1. The van der Waals surface area contributed by atoms with E-state index < -0.39 is 0 Å². The predicted octanol–water partition coefficient (Wildman–Crippen LogP) is 4.42. The molecule has 0 fully saturated rings. The van der Waals surface area contributed by atoms with Crippen LogP contribution in [0.3, 0.4) is 0 Å². The smallest absolute Gasteiger partial charge is 0.0921 e. The van der Waals surface area contributed by atoms with Crippen molar-refractivity contribution in [3.63, 3.8) is 0 Å². The Labute approximate surface area is 128 Å². The molecule has 2 aromatic heterocycles. The Hall–Kier alpha value is -1.64. The van der Waals surface area contributed by atoms with Gasteiger partial charge < -0.3 is 4.98 Å². The summed E-state index contributed by atoms with van der Waals surface area (Å²) in [7, 11) is 0. The van der Waals surface area contributed by atoms with Crippen molar-refractivity contribution in [2.45, 2.75) is 52.4 Å². The molecule has 3 nitrogen and oxygen atoms in total. The number of H-pyrrole nitrogens is 1. The van der Waals surface area contributed by atoms with Gasteiger partial charge in [-0.1, -0.05) is 26.7 Å². The fourth-order valence-electron chi connectivity index (χ4n) is 2.70. The molecule has 0 spiro atoms. The topological polar surface area (TPSA) is 41.6 Å². The van der Waals surface area contributed by atoms with Gasteiger partial charge >= 0.3 is 0 Å². The van der Waals surface area contributed by atoms with Gasteiger partial charge in [-0.2, -0.15) is 0 Å². The Morgan fingerprint density at radius 1 is 0.952 bits per heavy atom. The van der Waals surface area contributed by atoms with Crippen molar-refractivity contribution < 1.29 is 0 Å². The Kier molecular flexibility index (Phi) is 6.45. The molecule has 0 radical (unpaired) electrons. The highest BCUT2D eigenvalue weighted by Gasteiger charge is 2.11. The molecule has 0 saturated carbocycles. The lowest BCUT2D eigenvalue weighted by molar-refractivity contribution is 0.378. The Bertz CT molecular complexity index is 476. The number of hydrogen-bond donors (Lipinski definition) is 1. The lowest BCUT2D eigenvalue weighted by atomic mass is 9.88. The summed E-state index contributed by atoms with van der Waals surface area (Å²) in [6, 6.07) is 4.27. The molecule has 0 aliphatic heterocycles. The molecule has 0 aromatic carbocycles. The lowest BCUT2D eigenvalue weighted by Gasteiger charge is -2.18. The van der Waals surface area contributed by atoms with Crippen LogP contribution in [0.25, 0.3) is 0 Å². The number of nitrogens with one attached hydrogen (secondary N) is 1. The molecule has 1 N–H and O–H groups in total. The first kappa shape index (κ1) is 15.7. The molecular weight excluding hydrogens is 258 g/mol. The van der Waals surface area contributed by atoms with Gasteiger partial charge in [-0.3, -0.25) is 4.98 Å². The maximum atomic E-state index is 4.11. The second kappa shape index (κ2) is 8.60. The lowest BCUT2D eigenvalue weighted by Crippen LogP contribution is -2.06. The molecule has 1 atom stereocenters. The Morgan fingerprint density at radius 3 is 2.38 bits per heavy atom. The summed E-state index contributed by atoms with van der Waals surface area (Å²) >= 11 is 0. The third-order valence-corrected chi connectivity index (χ3v) is 4.12. The summed E-state index contributed by atoms with van der Waals surface area (Å²) in [5.74, 6) is 1.59. The molecule has 0 aliphatic rings. The number of hydrogen-bond acceptors (Lipinski definition) is 2. The van der Waals surface area contributed by atoms with Crippen molar-refractivity contribution in [3.05, 3.63) is 48.3 Å². The second-order valence-corrected chi connectivity index (χ2v) is 6.35. The molecule has 1 unspecified atom stereocenters. The summed E-state index contributed by atoms with van der Waals surface area (Å²) in [4.78, 5) is 11.4. The van der Waals surface area contributed by atoms with Gasteiger partial charge in [0.1, 0.15) is 0 Å². The zero-order chi connectivity index (χ0) is 14.9. The molecule has 0 bridgehead atoms. The number of nitrogens with zero attached hydrogens (tertiary/aromatic N) is 2. The SMILES string of the molecule is CC(C)CCC(CCc1ccncc1)CCc1cnc[nH]1. The van der Waals surface area contributed by atoms with Crippen LogP contribution in [0.15, 0.2) is 37.1 Å². The van der Waals surface area contributed by atoms with E-state index in [1.807, 2.05) is 18.6 Å². The Morgan fingerprint density at radius 2 is 1.71 bits per heavy atom. The van der Waals surface area contributed by atoms with Crippen LogP contribution in [-0.2, 0) is 12.8 Å². The third kappa shape index (κ3) is 6.11. The van der Waals surface area contributed by atoms with E-state index in [4.69, 9.17) is 0 Å². The van der Waals surface area contributed by atoms with Gasteiger partial charge in [0, 0.05) is 24.3 Å². The average Bonchev–Trinajstić information content (AvgIpc) is 3.00. The van der Waals surface area contributed by atoms with Crippen LogP contribution in [-0.4, -0.2) is 15.0 Å². The van der Waals surface area contributed by atoms with Gasteiger partial charge in [-0.15, -0.1) is 0 Å². The van der Waals surface area contributed by atoms with E-state index in [0.29, 0.717) is 0 Å². The van der Waals surface area contributed by atoms with Crippen LogP contribution in [0.4, 0.5) is 0 Å². The normalized spacial score (nSPS) is 12.7. The van der Waals surface area contributed by atoms with Gasteiger partial charge in [0.05, 0.1) is 6.33 Å². The third-order valence-electron chi connectivity index (χ3n) is 4.12. The van der Waals surface area contributed by atoms with Crippen LogP contribution >= 0.6 is 0 Å². The monoisotopic (exact) mass is 285 g/mol. The average molecular weight is 285 g/mol. The van der Waals surface area contributed by atoms with Crippen molar-refractivity contribution in [2.75, 3.05) is 0 Å². The largest absolute Gasteiger partial charge is 0.348 e. The molecule has 21 heavy (non-hydrogen) atoms. The van der Waals surface area contributed by atoms with Gasteiger partial charge in [0.25, 0.3) is 0 Å². The van der Waals surface area contributed by atoms with E-state index in [0.717, 1.165) is 24.7 Å². The van der Waals surface area contributed by atoms with Crippen molar-refractivity contribution in [2.24, 2.45) is 11.8 Å². The standard InChI is InChI=1S/C18H27N3/c1-15(2)3-4-16(7-8-18-13-20-14-21-18)5-6-17-9-11-19-12-10-17/h9-16H,3-8H2,1-2H3,(H,20,21). The minimum atomic E-state index is 0.792. The van der Waals surface area contributed by atoms with Gasteiger partial charge in [-0.25, -0.2) is 4.98 Å².